The molecule has 0 spiro atoms. The molecule has 3 nitrogen and oxygen atoms in total. The van der Waals surface area contributed by atoms with Gasteiger partial charge in [0.2, 0.25) is 0 Å². The average molecular weight is 449 g/mol. The third-order valence-electron chi connectivity index (χ3n) is 6.75. The number of fused-ring (bicyclic) bond motifs is 1. The van der Waals surface area contributed by atoms with E-state index in [0.717, 1.165) is 16.2 Å². The topological polar surface area (TPSA) is 46.5 Å². The van der Waals surface area contributed by atoms with Gasteiger partial charge in [-0.3, -0.25) is 4.79 Å². The third kappa shape index (κ3) is 4.91. The van der Waals surface area contributed by atoms with E-state index in [1.54, 1.807) is 11.3 Å². The van der Waals surface area contributed by atoms with Crippen molar-refractivity contribution in [1.29, 1.82) is 0 Å². The van der Waals surface area contributed by atoms with E-state index in [2.05, 4.69) is 39.0 Å². The van der Waals surface area contributed by atoms with E-state index < -0.39 is 5.97 Å². The van der Waals surface area contributed by atoms with Crippen molar-refractivity contribution in [2.24, 2.45) is 0 Å². The highest BCUT2D eigenvalue weighted by molar-refractivity contribution is 7.12. The van der Waals surface area contributed by atoms with Crippen LogP contribution in [0.1, 0.15) is 83.9 Å². The van der Waals surface area contributed by atoms with Gasteiger partial charge in [0, 0.05) is 15.7 Å². The summed E-state index contributed by atoms with van der Waals surface area (Å²) < 4.78 is 6.08. The maximum Gasteiger partial charge on any atom is 0.304 e. The zero-order valence-corrected chi connectivity index (χ0v) is 20.2. The highest BCUT2D eigenvalue weighted by atomic mass is 32.1. The molecule has 0 amide bonds. The second-order valence-electron chi connectivity index (χ2n) is 9.70. The number of aryl methyl sites for hydroxylation is 1. The summed E-state index contributed by atoms with van der Waals surface area (Å²) in [4.78, 5) is 13.7. The fourth-order valence-corrected chi connectivity index (χ4v) is 5.76. The number of ether oxygens (including phenoxy) is 1. The lowest BCUT2D eigenvalue weighted by Gasteiger charge is -2.36. The van der Waals surface area contributed by atoms with Crippen LogP contribution in [0, 0.1) is 6.92 Å². The lowest BCUT2D eigenvalue weighted by molar-refractivity contribution is -0.137. The molecule has 3 aromatic rings. The smallest absolute Gasteiger partial charge is 0.304 e. The molecule has 1 N–H and O–H groups in total. The quantitative estimate of drug-likeness (QED) is 0.409. The summed E-state index contributed by atoms with van der Waals surface area (Å²) in [6, 6.07) is 18.8. The van der Waals surface area contributed by atoms with Crippen LogP contribution in [0.2, 0.25) is 0 Å². The first kappa shape index (κ1) is 22.6. The zero-order valence-electron chi connectivity index (χ0n) is 19.4. The number of carbonyl (C=O) groups is 1. The predicted octanol–water partition coefficient (Wildman–Crippen LogP) is 7.42. The van der Waals surface area contributed by atoms with Gasteiger partial charge in [-0.2, -0.15) is 0 Å². The van der Waals surface area contributed by atoms with Crippen LogP contribution < -0.4 is 4.74 Å². The Kier molecular flexibility index (Phi) is 6.43. The summed E-state index contributed by atoms with van der Waals surface area (Å²) >= 11 is 1.66. The Morgan fingerprint density at radius 1 is 1.16 bits per heavy atom. The second kappa shape index (κ2) is 9.11. The summed E-state index contributed by atoms with van der Waals surface area (Å²) in [6.07, 6.45) is 2.55. The van der Waals surface area contributed by atoms with Gasteiger partial charge in [0.25, 0.3) is 0 Å². The summed E-state index contributed by atoms with van der Waals surface area (Å²) in [6.45, 7) is 9.57. The van der Waals surface area contributed by atoms with Crippen molar-refractivity contribution in [2.45, 2.75) is 70.8 Å². The summed E-state index contributed by atoms with van der Waals surface area (Å²) in [7, 11) is 0. The van der Waals surface area contributed by atoms with E-state index in [1.807, 2.05) is 43.3 Å². The average Bonchev–Trinajstić information content (AvgIpc) is 3.20. The van der Waals surface area contributed by atoms with Crippen LogP contribution in [0.25, 0.3) is 0 Å². The van der Waals surface area contributed by atoms with Crippen molar-refractivity contribution in [3.63, 3.8) is 0 Å². The van der Waals surface area contributed by atoms with E-state index in [4.69, 9.17) is 4.74 Å². The summed E-state index contributed by atoms with van der Waals surface area (Å²) in [5, 5.41) is 9.39. The number of carboxylic acid groups (broad SMARTS) is 1. The summed E-state index contributed by atoms with van der Waals surface area (Å²) in [5.41, 5.74) is 5.37. The molecule has 2 unspecified atom stereocenters. The van der Waals surface area contributed by atoms with Crippen molar-refractivity contribution < 1.29 is 14.6 Å². The van der Waals surface area contributed by atoms with Crippen LogP contribution in [0.3, 0.4) is 0 Å². The number of benzene rings is 2. The molecular formula is C28H32O3S. The monoisotopic (exact) mass is 448 g/mol. The molecular weight excluding hydrogens is 416 g/mol. The normalized spacial score (nSPS) is 18.1. The molecule has 4 heteroatoms. The predicted molar refractivity (Wildman–Crippen MR) is 131 cm³/mol. The van der Waals surface area contributed by atoms with Crippen LogP contribution >= 0.6 is 11.3 Å². The van der Waals surface area contributed by atoms with Crippen molar-refractivity contribution in [1.82, 2.24) is 0 Å². The van der Waals surface area contributed by atoms with Crippen LogP contribution in [0.5, 0.6) is 5.75 Å². The van der Waals surface area contributed by atoms with Crippen LogP contribution in [-0.4, -0.2) is 11.1 Å². The Labute approximate surface area is 195 Å². The van der Waals surface area contributed by atoms with Gasteiger partial charge in [0.05, 0.1) is 6.42 Å². The molecule has 0 radical (unpaired) electrons. The largest absolute Gasteiger partial charge is 0.489 e. The second-order valence-corrected chi connectivity index (χ2v) is 11.0. The van der Waals surface area contributed by atoms with E-state index in [1.165, 1.54) is 34.4 Å². The minimum Gasteiger partial charge on any atom is -0.489 e. The maximum atomic E-state index is 11.4. The highest BCUT2D eigenvalue weighted by Gasteiger charge is 2.30. The molecule has 1 aliphatic carbocycles. The lowest BCUT2D eigenvalue weighted by Crippen LogP contribution is -2.25. The number of carboxylic acids is 1. The van der Waals surface area contributed by atoms with Gasteiger partial charge < -0.3 is 9.84 Å². The Morgan fingerprint density at radius 3 is 2.56 bits per heavy atom. The number of hydrogen-bond donors (Lipinski definition) is 1. The fraction of sp³-hybridized carbons (Fsp3) is 0.393. The first-order valence-corrected chi connectivity index (χ1v) is 12.2. The summed E-state index contributed by atoms with van der Waals surface area (Å²) in [5.74, 6) is 0.470. The van der Waals surface area contributed by atoms with Crippen molar-refractivity contribution in [3.8, 4) is 5.75 Å². The first-order valence-electron chi connectivity index (χ1n) is 11.4. The molecule has 4 rings (SSSR count). The lowest BCUT2D eigenvalue weighted by atomic mass is 9.69. The van der Waals surface area contributed by atoms with E-state index >= 15 is 0 Å². The molecule has 32 heavy (non-hydrogen) atoms. The number of aliphatic carboxylic acids is 1. The molecule has 2 atom stereocenters. The minimum absolute atomic E-state index is 0.0871. The van der Waals surface area contributed by atoms with E-state index in [0.29, 0.717) is 12.5 Å². The van der Waals surface area contributed by atoms with Crippen LogP contribution in [-0.2, 0) is 16.8 Å². The Bertz CT molecular complexity index is 1090. The van der Waals surface area contributed by atoms with Gasteiger partial charge in [-0.15, -0.1) is 11.3 Å². The van der Waals surface area contributed by atoms with Crippen LogP contribution in [0.15, 0.2) is 54.6 Å². The van der Waals surface area contributed by atoms with Gasteiger partial charge >= 0.3 is 5.97 Å². The van der Waals surface area contributed by atoms with Gasteiger partial charge in [-0.25, -0.2) is 0 Å². The molecule has 168 valence electrons. The Balaban J connectivity index is 1.47. The minimum atomic E-state index is -0.786. The molecule has 1 aromatic heterocycles. The van der Waals surface area contributed by atoms with E-state index in [-0.39, 0.29) is 17.8 Å². The molecule has 2 aromatic carbocycles. The molecule has 0 aliphatic heterocycles. The van der Waals surface area contributed by atoms with Crippen molar-refractivity contribution >= 4 is 17.3 Å². The third-order valence-corrected chi connectivity index (χ3v) is 7.86. The van der Waals surface area contributed by atoms with Crippen molar-refractivity contribution in [2.75, 3.05) is 0 Å². The molecule has 0 fully saturated rings. The van der Waals surface area contributed by atoms with Gasteiger partial charge in [0.15, 0.2) is 0 Å². The fourth-order valence-electron chi connectivity index (χ4n) is 4.75. The molecule has 0 saturated carbocycles. The molecule has 1 heterocycles. The van der Waals surface area contributed by atoms with Gasteiger partial charge in [-0.1, -0.05) is 51.1 Å². The van der Waals surface area contributed by atoms with Gasteiger partial charge in [0.1, 0.15) is 12.4 Å². The number of hydrogen-bond acceptors (Lipinski definition) is 3. The van der Waals surface area contributed by atoms with Gasteiger partial charge in [-0.05, 0) is 77.6 Å². The molecule has 0 saturated heterocycles. The maximum absolute atomic E-state index is 11.4. The zero-order chi connectivity index (χ0) is 22.9. The van der Waals surface area contributed by atoms with E-state index in [9.17, 15) is 9.90 Å². The SMILES string of the molecule is Cc1ccc(C(CC(=O)O)c2ccc(OCc3ccc4c(c3)C(C)CCC4(C)C)cc2)s1. The first-order chi connectivity index (χ1) is 15.2. The standard InChI is InChI=1S/C28H32O3S/c1-18-13-14-28(3,4)25-11-6-20(15-23(18)25)17-31-22-9-7-21(8-10-22)24(16-27(29)30)26-12-5-19(2)32-26/h5-12,15,18,24H,13-14,16-17H2,1-4H3,(H,29,30). The highest BCUT2D eigenvalue weighted by Crippen LogP contribution is 2.42. The number of rotatable bonds is 7. The molecule has 0 bridgehead atoms. The van der Waals surface area contributed by atoms with Crippen molar-refractivity contribution in [3.05, 3.63) is 86.6 Å². The number of thiophene rings is 1. The Hall–Kier alpha value is -2.59. The molecule has 1 aliphatic rings. The Morgan fingerprint density at radius 2 is 1.91 bits per heavy atom. The van der Waals surface area contributed by atoms with Crippen LogP contribution in [0.4, 0.5) is 0 Å².